The van der Waals surface area contributed by atoms with Gasteiger partial charge in [-0.25, -0.2) is 4.79 Å². The van der Waals surface area contributed by atoms with E-state index >= 15 is 0 Å². The number of benzene rings is 1. The van der Waals surface area contributed by atoms with E-state index in [1.54, 1.807) is 6.07 Å². The highest BCUT2D eigenvalue weighted by atomic mass is 16.4. The van der Waals surface area contributed by atoms with Crippen LogP contribution >= 0.6 is 0 Å². The second-order valence-corrected chi connectivity index (χ2v) is 7.03. The highest BCUT2D eigenvalue weighted by molar-refractivity contribution is 6.00. The van der Waals surface area contributed by atoms with Gasteiger partial charge < -0.3 is 10.0 Å². The quantitative estimate of drug-likeness (QED) is 0.920. The Kier molecular flexibility index (Phi) is 3.91. The summed E-state index contributed by atoms with van der Waals surface area (Å²) in [6.07, 6.45) is 8.14. The summed E-state index contributed by atoms with van der Waals surface area (Å²) in [5, 5.41) is 10.4. The van der Waals surface area contributed by atoms with Crippen LogP contribution in [-0.4, -0.2) is 28.6 Å². The summed E-state index contributed by atoms with van der Waals surface area (Å²) < 4.78 is 0. The highest BCUT2D eigenvalue weighted by Crippen LogP contribution is 2.40. The Balaban J connectivity index is 1.96. The summed E-state index contributed by atoms with van der Waals surface area (Å²) in [5.41, 5.74) is 5.16. The molecule has 2 heterocycles. The minimum absolute atomic E-state index is 0.355. The van der Waals surface area contributed by atoms with E-state index in [2.05, 4.69) is 11.8 Å². The molecular formula is C20H24N2O2. The first-order valence-electron chi connectivity index (χ1n) is 9.14. The van der Waals surface area contributed by atoms with Crippen LogP contribution in [0.15, 0.2) is 18.2 Å². The number of carbonyl (C=O) groups is 1. The Morgan fingerprint density at radius 2 is 2.17 bits per heavy atom. The molecule has 126 valence electrons. The molecule has 1 aromatic heterocycles. The van der Waals surface area contributed by atoms with Gasteiger partial charge in [-0.05, 0) is 68.7 Å². The SMILES string of the molecule is CCC1CCCCN1c1c2c(nc3ccc(C(=O)O)cc13)CCC2. The number of pyridine rings is 1. The molecule has 0 amide bonds. The molecule has 4 nitrogen and oxygen atoms in total. The minimum Gasteiger partial charge on any atom is -0.478 e. The van der Waals surface area contributed by atoms with Gasteiger partial charge in [0.2, 0.25) is 0 Å². The zero-order chi connectivity index (χ0) is 16.7. The van der Waals surface area contributed by atoms with Crippen molar-refractivity contribution in [1.29, 1.82) is 0 Å². The number of hydrogen-bond donors (Lipinski definition) is 1. The number of carboxylic acid groups (broad SMARTS) is 1. The summed E-state index contributed by atoms with van der Waals surface area (Å²) in [4.78, 5) is 18.9. The second kappa shape index (κ2) is 6.08. The van der Waals surface area contributed by atoms with Crippen molar-refractivity contribution in [2.45, 2.75) is 57.9 Å². The van der Waals surface area contributed by atoms with Crippen LogP contribution < -0.4 is 4.90 Å². The summed E-state index contributed by atoms with van der Waals surface area (Å²) in [5.74, 6) is -0.867. The number of carboxylic acids is 1. The molecule has 0 bridgehead atoms. The van der Waals surface area contributed by atoms with Crippen molar-refractivity contribution in [3.05, 3.63) is 35.0 Å². The van der Waals surface area contributed by atoms with E-state index in [-0.39, 0.29) is 0 Å². The standard InChI is InChI=1S/C20H24N2O2/c1-2-14-6-3-4-11-22(14)19-15-7-5-8-17(15)21-18-10-9-13(20(23)24)12-16(18)19/h9-10,12,14H,2-8,11H2,1H3,(H,23,24). The van der Waals surface area contributed by atoms with E-state index in [1.807, 2.05) is 12.1 Å². The zero-order valence-corrected chi connectivity index (χ0v) is 14.2. The number of fused-ring (bicyclic) bond motifs is 2. The number of aromatic carboxylic acids is 1. The van der Waals surface area contributed by atoms with Gasteiger partial charge >= 0.3 is 5.97 Å². The maximum absolute atomic E-state index is 11.5. The Bertz CT molecular complexity index is 800. The number of piperidine rings is 1. The molecule has 1 unspecified atom stereocenters. The molecular weight excluding hydrogens is 300 g/mol. The Labute approximate surface area is 142 Å². The number of aryl methyl sites for hydroxylation is 1. The molecule has 0 radical (unpaired) electrons. The molecule has 1 aromatic carbocycles. The van der Waals surface area contributed by atoms with Gasteiger partial charge in [0.25, 0.3) is 0 Å². The first kappa shape index (κ1) is 15.4. The van der Waals surface area contributed by atoms with Gasteiger partial charge in [-0.15, -0.1) is 0 Å². The van der Waals surface area contributed by atoms with Gasteiger partial charge in [0, 0.05) is 23.7 Å². The van der Waals surface area contributed by atoms with E-state index in [9.17, 15) is 9.90 Å². The molecule has 1 N–H and O–H groups in total. The topological polar surface area (TPSA) is 53.4 Å². The smallest absolute Gasteiger partial charge is 0.335 e. The van der Waals surface area contributed by atoms with E-state index in [0.717, 1.165) is 43.1 Å². The normalized spacial score (nSPS) is 20.4. The van der Waals surface area contributed by atoms with Crippen LogP contribution in [0.5, 0.6) is 0 Å². The first-order valence-corrected chi connectivity index (χ1v) is 9.14. The molecule has 4 rings (SSSR count). The summed E-state index contributed by atoms with van der Waals surface area (Å²) in [6.45, 7) is 3.33. The molecule has 1 saturated heterocycles. The average molecular weight is 324 g/mol. The fourth-order valence-corrected chi connectivity index (χ4v) is 4.42. The second-order valence-electron chi connectivity index (χ2n) is 7.03. The van der Waals surface area contributed by atoms with Crippen molar-refractivity contribution in [3.63, 3.8) is 0 Å². The fourth-order valence-electron chi connectivity index (χ4n) is 4.42. The van der Waals surface area contributed by atoms with Crippen LogP contribution in [0, 0.1) is 0 Å². The Morgan fingerprint density at radius 1 is 1.29 bits per heavy atom. The minimum atomic E-state index is -0.867. The number of rotatable bonds is 3. The van der Waals surface area contributed by atoms with Crippen molar-refractivity contribution in [3.8, 4) is 0 Å². The first-order chi connectivity index (χ1) is 11.7. The summed E-state index contributed by atoms with van der Waals surface area (Å²) in [7, 11) is 0. The molecule has 1 fully saturated rings. The van der Waals surface area contributed by atoms with Crippen LogP contribution in [0.3, 0.4) is 0 Å². The molecule has 1 atom stereocenters. The number of anilines is 1. The van der Waals surface area contributed by atoms with Crippen molar-refractivity contribution in [1.82, 2.24) is 4.98 Å². The maximum atomic E-state index is 11.5. The summed E-state index contributed by atoms with van der Waals surface area (Å²) in [6, 6.07) is 5.95. The third kappa shape index (κ3) is 2.45. The van der Waals surface area contributed by atoms with Crippen LogP contribution in [0.2, 0.25) is 0 Å². The molecule has 2 aromatic rings. The molecule has 4 heteroatoms. The Hall–Kier alpha value is -2.10. The van der Waals surface area contributed by atoms with Gasteiger partial charge in [-0.3, -0.25) is 4.98 Å². The molecule has 0 saturated carbocycles. The van der Waals surface area contributed by atoms with Gasteiger partial charge in [0.15, 0.2) is 0 Å². The lowest BCUT2D eigenvalue weighted by Gasteiger charge is -2.39. The Morgan fingerprint density at radius 3 is 2.96 bits per heavy atom. The van der Waals surface area contributed by atoms with Gasteiger partial charge in [-0.2, -0.15) is 0 Å². The fraction of sp³-hybridized carbons (Fsp3) is 0.500. The molecule has 1 aliphatic carbocycles. The number of nitrogens with zero attached hydrogens (tertiary/aromatic N) is 2. The number of aromatic nitrogens is 1. The van der Waals surface area contributed by atoms with Gasteiger partial charge in [0.05, 0.1) is 16.8 Å². The van der Waals surface area contributed by atoms with Crippen LogP contribution in [0.25, 0.3) is 10.9 Å². The predicted molar refractivity (Wildman–Crippen MR) is 96.0 cm³/mol. The van der Waals surface area contributed by atoms with E-state index in [0.29, 0.717) is 11.6 Å². The highest BCUT2D eigenvalue weighted by Gasteiger charge is 2.28. The van der Waals surface area contributed by atoms with Crippen LogP contribution in [0.4, 0.5) is 5.69 Å². The largest absolute Gasteiger partial charge is 0.478 e. The lowest BCUT2D eigenvalue weighted by atomic mass is 9.95. The van der Waals surface area contributed by atoms with Crippen molar-refractivity contribution >= 4 is 22.6 Å². The molecule has 1 aliphatic heterocycles. The van der Waals surface area contributed by atoms with Gasteiger partial charge in [0.1, 0.15) is 0 Å². The third-order valence-corrected chi connectivity index (χ3v) is 5.61. The molecule has 0 spiro atoms. The number of hydrogen-bond acceptors (Lipinski definition) is 3. The van der Waals surface area contributed by atoms with E-state index in [4.69, 9.17) is 4.98 Å². The predicted octanol–water partition coefficient (Wildman–Crippen LogP) is 4.19. The van der Waals surface area contributed by atoms with Gasteiger partial charge in [-0.1, -0.05) is 6.92 Å². The average Bonchev–Trinajstić information content (AvgIpc) is 3.07. The lowest BCUT2D eigenvalue weighted by molar-refractivity contribution is 0.0697. The molecule has 24 heavy (non-hydrogen) atoms. The lowest BCUT2D eigenvalue weighted by Crippen LogP contribution is -2.40. The van der Waals surface area contributed by atoms with Crippen molar-refractivity contribution in [2.24, 2.45) is 0 Å². The zero-order valence-electron chi connectivity index (χ0n) is 14.2. The maximum Gasteiger partial charge on any atom is 0.335 e. The van der Waals surface area contributed by atoms with Crippen molar-refractivity contribution in [2.75, 3.05) is 11.4 Å². The monoisotopic (exact) mass is 324 g/mol. The van der Waals surface area contributed by atoms with Crippen LogP contribution in [0.1, 0.15) is 60.6 Å². The van der Waals surface area contributed by atoms with E-state index < -0.39 is 5.97 Å². The van der Waals surface area contributed by atoms with Crippen molar-refractivity contribution < 1.29 is 9.90 Å². The summed E-state index contributed by atoms with van der Waals surface area (Å²) >= 11 is 0. The third-order valence-electron chi connectivity index (χ3n) is 5.61. The molecule has 2 aliphatic rings. The van der Waals surface area contributed by atoms with Crippen LogP contribution in [-0.2, 0) is 12.8 Å². The van der Waals surface area contributed by atoms with E-state index in [1.165, 1.54) is 36.2 Å².